The third-order valence-corrected chi connectivity index (χ3v) is 4.55. The average Bonchev–Trinajstić information content (AvgIpc) is 3.01. The van der Waals surface area contributed by atoms with Gasteiger partial charge in [-0.1, -0.05) is 6.92 Å². The normalized spacial score (nSPS) is 16.6. The third kappa shape index (κ3) is 4.94. The monoisotopic (exact) mass is 247 g/mol. The van der Waals surface area contributed by atoms with E-state index in [2.05, 4.69) is 4.90 Å². The fourth-order valence-corrected chi connectivity index (χ4v) is 2.38. The second-order valence-electron chi connectivity index (χ2n) is 4.28. The Morgan fingerprint density at radius 1 is 1.44 bits per heavy atom. The molecule has 0 atom stereocenters. The first-order valence-corrected chi connectivity index (χ1v) is 7.54. The van der Waals surface area contributed by atoms with Crippen LogP contribution in [0.15, 0.2) is 0 Å². The molecule has 0 aromatic heterocycles. The molecule has 0 radical (unpaired) electrons. The van der Waals surface area contributed by atoms with Gasteiger partial charge in [0.2, 0.25) is 0 Å². The second kappa shape index (κ2) is 5.63. The molecule has 0 aromatic rings. The van der Waals surface area contributed by atoms with Crippen LogP contribution < -0.4 is 5.73 Å². The van der Waals surface area contributed by atoms with Crippen LogP contribution in [0.5, 0.6) is 0 Å². The summed E-state index contributed by atoms with van der Waals surface area (Å²) in [6, 6.07) is 0.520. The molecule has 0 amide bonds. The van der Waals surface area contributed by atoms with Crippen LogP contribution >= 0.6 is 0 Å². The molecule has 0 bridgehead atoms. The van der Waals surface area contributed by atoms with Gasteiger partial charge < -0.3 is 5.73 Å². The van der Waals surface area contributed by atoms with E-state index in [9.17, 15) is 8.42 Å². The highest BCUT2D eigenvalue weighted by molar-refractivity contribution is 7.91. The van der Waals surface area contributed by atoms with Crippen molar-refractivity contribution in [2.45, 2.75) is 32.2 Å². The summed E-state index contributed by atoms with van der Waals surface area (Å²) in [4.78, 5) is 2.15. The number of nitrogens with two attached hydrogens (primary N) is 1. The summed E-state index contributed by atoms with van der Waals surface area (Å²) in [5.41, 5.74) is 5.31. The minimum atomic E-state index is -2.89. The molecule has 1 rings (SSSR count). The molecule has 94 valence electrons. The highest BCUT2D eigenvalue weighted by Crippen LogP contribution is 2.26. The zero-order valence-corrected chi connectivity index (χ0v) is 10.6. The smallest absolute Gasteiger partial charge is 0.151 e. The van der Waals surface area contributed by atoms with Crippen molar-refractivity contribution in [2.24, 2.45) is 5.73 Å². The second-order valence-corrected chi connectivity index (χ2v) is 6.75. The molecular weight excluding hydrogens is 226 g/mol. The van der Waals surface area contributed by atoms with E-state index >= 15 is 0 Å². The molecule has 0 heterocycles. The maximum Gasteiger partial charge on any atom is 0.151 e. The molecule has 0 aromatic carbocycles. The SMILES string of the molecule is CCS(=O)(=O)CCN(CCC(=N)N)C1CC1. The zero-order chi connectivity index (χ0) is 12.2. The molecule has 6 heteroatoms. The van der Waals surface area contributed by atoms with Gasteiger partial charge in [0.25, 0.3) is 0 Å². The number of amidine groups is 1. The molecule has 16 heavy (non-hydrogen) atoms. The lowest BCUT2D eigenvalue weighted by Crippen LogP contribution is -2.34. The Morgan fingerprint density at radius 3 is 2.50 bits per heavy atom. The van der Waals surface area contributed by atoms with E-state index in [0.717, 1.165) is 12.8 Å². The van der Waals surface area contributed by atoms with E-state index in [1.54, 1.807) is 6.92 Å². The summed E-state index contributed by atoms with van der Waals surface area (Å²) in [6.45, 7) is 2.96. The van der Waals surface area contributed by atoms with E-state index < -0.39 is 9.84 Å². The van der Waals surface area contributed by atoms with Gasteiger partial charge in [-0.3, -0.25) is 10.3 Å². The van der Waals surface area contributed by atoms with E-state index in [1.807, 2.05) is 0 Å². The highest BCUT2D eigenvalue weighted by atomic mass is 32.2. The van der Waals surface area contributed by atoms with Gasteiger partial charge in [-0.2, -0.15) is 0 Å². The van der Waals surface area contributed by atoms with Crippen LogP contribution in [-0.4, -0.2) is 49.8 Å². The van der Waals surface area contributed by atoms with Gasteiger partial charge in [-0.15, -0.1) is 0 Å². The largest absolute Gasteiger partial charge is 0.388 e. The molecule has 1 aliphatic carbocycles. The van der Waals surface area contributed by atoms with Gasteiger partial charge in [0.05, 0.1) is 11.6 Å². The van der Waals surface area contributed by atoms with Crippen LogP contribution in [0.25, 0.3) is 0 Å². The summed E-state index contributed by atoms with van der Waals surface area (Å²) >= 11 is 0. The molecule has 1 saturated carbocycles. The van der Waals surface area contributed by atoms with Gasteiger partial charge in [-0.25, -0.2) is 8.42 Å². The maximum atomic E-state index is 11.4. The molecule has 3 N–H and O–H groups in total. The lowest BCUT2D eigenvalue weighted by Gasteiger charge is -2.21. The molecule has 0 spiro atoms. The van der Waals surface area contributed by atoms with Crippen LogP contribution in [0.4, 0.5) is 0 Å². The fraction of sp³-hybridized carbons (Fsp3) is 0.900. The average molecular weight is 247 g/mol. The van der Waals surface area contributed by atoms with Gasteiger partial charge >= 0.3 is 0 Å². The molecule has 1 fully saturated rings. The van der Waals surface area contributed by atoms with Crippen LogP contribution in [0.2, 0.25) is 0 Å². The molecule has 0 saturated heterocycles. The minimum absolute atomic E-state index is 0.170. The summed E-state index contributed by atoms with van der Waals surface area (Å²) in [5.74, 6) is 0.597. The molecule has 0 aliphatic heterocycles. The predicted octanol–water partition coefficient (Wildman–Crippen LogP) is 0.212. The Kier molecular flexibility index (Phi) is 4.73. The number of nitrogens with zero attached hydrogens (tertiary/aromatic N) is 1. The summed E-state index contributed by atoms with van der Waals surface area (Å²) < 4.78 is 22.8. The van der Waals surface area contributed by atoms with Gasteiger partial charge in [0.1, 0.15) is 0 Å². The Hall–Kier alpha value is -0.620. The van der Waals surface area contributed by atoms with Crippen LogP contribution in [0.1, 0.15) is 26.2 Å². The zero-order valence-electron chi connectivity index (χ0n) is 9.78. The molecule has 0 unspecified atom stereocenters. The summed E-state index contributed by atoms with van der Waals surface area (Å²) in [5, 5.41) is 7.17. The van der Waals surface area contributed by atoms with Gasteiger partial charge in [0.15, 0.2) is 9.84 Å². The number of hydrogen-bond donors (Lipinski definition) is 2. The first-order valence-electron chi connectivity index (χ1n) is 5.72. The Bertz CT molecular complexity index is 336. The van der Waals surface area contributed by atoms with E-state index in [1.165, 1.54) is 0 Å². The predicted molar refractivity (Wildman–Crippen MR) is 65.5 cm³/mol. The van der Waals surface area contributed by atoms with Crippen LogP contribution in [0, 0.1) is 5.41 Å². The van der Waals surface area contributed by atoms with E-state index in [4.69, 9.17) is 11.1 Å². The van der Waals surface area contributed by atoms with Crippen molar-refractivity contribution in [3.05, 3.63) is 0 Å². The Labute approximate surface area is 97.4 Å². The van der Waals surface area contributed by atoms with Gasteiger partial charge in [0, 0.05) is 31.3 Å². The number of rotatable bonds is 8. The van der Waals surface area contributed by atoms with Crippen molar-refractivity contribution in [1.82, 2.24) is 4.90 Å². The standard InChI is InChI=1S/C10H21N3O2S/c1-2-16(14,15)8-7-13(9-3-4-9)6-5-10(11)12/h9H,2-8H2,1H3,(H3,11,12). The summed E-state index contributed by atoms with van der Waals surface area (Å²) in [7, 11) is -2.89. The van der Waals surface area contributed by atoms with Crippen molar-refractivity contribution in [2.75, 3.05) is 24.6 Å². The van der Waals surface area contributed by atoms with Crippen molar-refractivity contribution < 1.29 is 8.42 Å². The Balaban J connectivity index is 2.36. The number of hydrogen-bond acceptors (Lipinski definition) is 4. The number of nitrogens with one attached hydrogen (secondary N) is 1. The van der Waals surface area contributed by atoms with Crippen LogP contribution in [-0.2, 0) is 9.84 Å². The van der Waals surface area contributed by atoms with Crippen molar-refractivity contribution in [3.8, 4) is 0 Å². The first kappa shape index (κ1) is 13.4. The molecule has 1 aliphatic rings. The van der Waals surface area contributed by atoms with Crippen molar-refractivity contribution >= 4 is 15.7 Å². The third-order valence-electron chi connectivity index (χ3n) is 2.86. The summed E-state index contributed by atoms with van der Waals surface area (Å²) in [6.07, 6.45) is 2.82. The minimum Gasteiger partial charge on any atom is -0.388 e. The molecular formula is C10H21N3O2S. The van der Waals surface area contributed by atoms with Crippen molar-refractivity contribution in [3.63, 3.8) is 0 Å². The molecule has 5 nitrogen and oxygen atoms in total. The van der Waals surface area contributed by atoms with Crippen molar-refractivity contribution in [1.29, 1.82) is 5.41 Å². The maximum absolute atomic E-state index is 11.4. The Morgan fingerprint density at radius 2 is 2.06 bits per heavy atom. The van der Waals surface area contributed by atoms with Crippen LogP contribution in [0.3, 0.4) is 0 Å². The highest BCUT2D eigenvalue weighted by Gasteiger charge is 2.29. The fourth-order valence-electron chi connectivity index (χ4n) is 1.58. The first-order chi connectivity index (χ1) is 7.44. The lowest BCUT2D eigenvalue weighted by atomic mass is 10.3. The number of sulfone groups is 1. The topological polar surface area (TPSA) is 87.2 Å². The van der Waals surface area contributed by atoms with E-state index in [-0.39, 0.29) is 17.3 Å². The lowest BCUT2D eigenvalue weighted by molar-refractivity contribution is 0.286. The quantitative estimate of drug-likeness (QED) is 0.474. The van der Waals surface area contributed by atoms with E-state index in [0.29, 0.717) is 25.6 Å². The van der Waals surface area contributed by atoms with Gasteiger partial charge in [-0.05, 0) is 12.8 Å².